The number of carbonyl (C=O) groups is 1. The monoisotopic (exact) mass is 421 g/mol. The van der Waals surface area contributed by atoms with Crippen LogP contribution in [0, 0.1) is 19.7 Å². The average Bonchev–Trinajstić information content (AvgIpc) is 3.30. The zero-order valence-electron chi connectivity index (χ0n) is 15.6. The molecular formula is C20H20FNO4S2. The van der Waals surface area contributed by atoms with E-state index in [1.165, 1.54) is 29.5 Å². The normalized spacial score (nSPS) is 18.6. The molecule has 2 aromatic heterocycles. The standard InChI is InChI=1S/C20H20FNO4S2/c1-12-5-7-27-18(12)10-22(15-6-8-28(24,25)11-15)20(23)19-13(2)16-9-14(21)3-4-17(16)26-19/h3-5,7,9,15H,6,8,10-11H2,1-2H3/t15-/m0/s1. The van der Waals surface area contributed by atoms with Gasteiger partial charge in [-0.2, -0.15) is 0 Å². The van der Waals surface area contributed by atoms with Crippen molar-refractivity contribution in [2.24, 2.45) is 0 Å². The van der Waals surface area contributed by atoms with E-state index in [1.807, 2.05) is 18.4 Å². The van der Waals surface area contributed by atoms with Gasteiger partial charge in [0.2, 0.25) is 0 Å². The van der Waals surface area contributed by atoms with Crippen LogP contribution < -0.4 is 0 Å². The number of rotatable bonds is 4. The fourth-order valence-corrected chi connectivity index (χ4v) is 6.27. The van der Waals surface area contributed by atoms with E-state index >= 15 is 0 Å². The molecule has 3 aromatic rings. The summed E-state index contributed by atoms with van der Waals surface area (Å²) >= 11 is 1.54. The van der Waals surface area contributed by atoms with Crippen LogP contribution in [0.1, 0.15) is 33.0 Å². The molecule has 4 rings (SSSR count). The number of carbonyl (C=O) groups excluding carboxylic acids is 1. The van der Waals surface area contributed by atoms with Gasteiger partial charge in [0.15, 0.2) is 15.6 Å². The third-order valence-corrected chi connectivity index (χ3v) is 8.04. The molecule has 0 N–H and O–H groups in total. The van der Waals surface area contributed by atoms with E-state index in [2.05, 4.69) is 0 Å². The molecule has 1 fully saturated rings. The Hall–Kier alpha value is -2.19. The second-order valence-electron chi connectivity index (χ2n) is 7.21. The molecule has 148 valence electrons. The molecule has 5 nitrogen and oxygen atoms in total. The van der Waals surface area contributed by atoms with Crippen molar-refractivity contribution >= 4 is 38.1 Å². The number of thiophene rings is 1. The molecule has 28 heavy (non-hydrogen) atoms. The summed E-state index contributed by atoms with van der Waals surface area (Å²) < 4.78 is 43.4. The Kier molecular flexibility index (Phi) is 4.79. The Morgan fingerprint density at radius 1 is 1.32 bits per heavy atom. The molecule has 8 heteroatoms. The predicted octanol–water partition coefficient (Wildman–Crippen LogP) is 4.08. The van der Waals surface area contributed by atoms with Crippen molar-refractivity contribution in [3.05, 3.63) is 57.2 Å². The lowest BCUT2D eigenvalue weighted by molar-refractivity contribution is 0.0651. The number of aryl methyl sites for hydroxylation is 2. The van der Waals surface area contributed by atoms with Crippen LogP contribution in [-0.2, 0) is 16.4 Å². The highest BCUT2D eigenvalue weighted by atomic mass is 32.2. The van der Waals surface area contributed by atoms with Crippen molar-refractivity contribution in [2.75, 3.05) is 11.5 Å². The number of benzene rings is 1. The minimum Gasteiger partial charge on any atom is -0.451 e. The van der Waals surface area contributed by atoms with E-state index < -0.39 is 21.7 Å². The molecule has 0 spiro atoms. The maximum atomic E-state index is 13.6. The van der Waals surface area contributed by atoms with Crippen LogP contribution in [0.4, 0.5) is 4.39 Å². The molecule has 1 aliphatic heterocycles. The van der Waals surface area contributed by atoms with E-state index in [0.717, 1.165) is 10.4 Å². The van der Waals surface area contributed by atoms with Gasteiger partial charge in [0.25, 0.3) is 5.91 Å². The Morgan fingerprint density at radius 3 is 2.75 bits per heavy atom. The summed E-state index contributed by atoms with van der Waals surface area (Å²) in [5, 5.41) is 2.50. The summed E-state index contributed by atoms with van der Waals surface area (Å²) in [6, 6.07) is 5.71. The summed E-state index contributed by atoms with van der Waals surface area (Å²) in [5.41, 5.74) is 2.06. The number of furan rings is 1. The quantitative estimate of drug-likeness (QED) is 0.637. The minimum absolute atomic E-state index is 0.0446. The highest BCUT2D eigenvalue weighted by Crippen LogP contribution is 2.30. The van der Waals surface area contributed by atoms with Crippen LogP contribution in [-0.4, -0.2) is 36.8 Å². The van der Waals surface area contributed by atoms with Gasteiger partial charge in [-0.15, -0.1) is 11.3 Å². The number of nitrogens with zero attached hydrogens (tertiary/aromatic N) is 1. The zero-order valence-corrected chi connectivity index (χ0v) is 17.2. The van der Waals surface area contributed by atoms with Crippen LogP contribution in [0.5, 0.6) is 0 Å². The van der Waals surface area contributed by atoms with Crippen LogP contribution in [0.15, 0.2) is 34.1 Å². The summed E-state index contributed by atoms with van der Waals surface area (Å²) in [4.78, 5) is 16.0. The van der Waals surface area contributed by atoms with Crippen LogP contribution in [0.25, 0.3) is 11.0 Å². The molecule has 0 saturated carbocycles. The van der Waals surface area contributed by atoms with Crippen molar-refractivity contribution in [3.63, 3.8) is 0 Å². The lowest BCUT2D eigenvalue weighted by Gasteiger charge is -2.27. The van der Waals surface area contributed by atoms with Crippen molar-refractivity contribution < 1.29 is 22.0 Å². The van der Waals surface area contributed by atoms with Gasteiger partial charge in [-0.05, 0) is 55.5 Å². The van der Waals surface area contributed by atoms with E-state index in [1.54, 1.807) is 11.8 Å². The van der Waals surface area contributed by atoms with Gasteiger partial charge < -0.3 is 9.32 Å². The maximum Gasteiger partial charge on any atom is 0.290 e. The molecule has 1 aliphatic rings. The van der Waals surface area contributed by atoms with Gasteiger partial charge in [-0.3, -0.25) is 4.79 Å². The molecule has 0 aliphatic carbocycles. The number of fused-ring (bicyclic) bond motifs is 1. The van der Waals surface area contributed by atoms with Gasteiger partial charge in [0, 0.05) is 21.9 Å². The number of hydrogen-bond donors (Lipinski definition) is 0. The Balaban J connectivity index is 1.74. The van der Waals surface area contributed by atoms with Gasteiger partial charge in [0.1, 0.15) is 11.4 Å². The third-order valence-electron chi connectivity index (χ3n) is 5.28. The average molecular weight is 422 g/mol. The lowest BCUT2D eigenvalue weighted by atomic mass is 10.1. The summed E-state index contributed by atoms with van der Waals surface area (Å²) in [5.74, 6) is -0.585. The Morgan fingerprint density at radius 2 is 2.11 bits per heavy atom. The first-order chi connectivity index (χ1) is 13.2. The molecule has 1 aromatic carbocycles. The second kappa shape index (κ2) is 7.00. The number of hydrogen-bond acceptors (Lipinski definition) is 5. The van der Waals surface area contributed by atoms with E-state index in [0.29, 0.717) is 29.5 Å². The molecule has 1 saturated heterocycles. The molecular weight excluding hydrogens is 401 g/mol. The second-order valence-corrected chi connectivity index (χ2v) is 10.4. The van der Waals surface area contributed by atoms with Crippen molar-refractivity contribution in [1.82, 2.24) is 4.90 Å². The van der Waals surface area contributed by atoms with Crippen molar-refractivity contribution in [1.29, 1.82) is 0 Å². The summed E-state index contributed by atoms with van der Waals surface area (Å²) in [6.07, 6.45) is 0.409. The summed E-state index contributed by atoms with van der Waals surface area (Å²) in [6.45, 7) is 4.01. The largest absolute Gasteiger partial charge is 0.451 e. The highest BCUT2D eigenvalue weighted by Gasteiger charge is 2.37. The molecule has 1 atom stereocenters. The van der Waals surface area contributed by atoms with Gasteiger partial charge >= 0.3 is 0 Å². The fourth-order valence-electron chi connectivity index (χ4n) is 3.64. The zero-order chi connectivity index (χ0) is 20.1. The van der Waals surface area contributed by atoms with Gasteiger partial charge in [0.05, 0.1) is 18.1 Å². The smallest absolute Gasteiger partial charge is 0.290 e. The number of amides is 1. The molecule has 0 radical (unpaired) electrons. The van der Waals surface area contributed by atoms with E-state index in [4.69, 9.17) is 4.42 Å². The topological polar surface area (TPSA) is 67.6 Å². The Bertz CT molecular complexity index is 1160. The van der Waals surface area contributed by atoms with Crippen LogP contribution in [0.3, 0.4) is 0 Å². The lowest BCUT2D eigenvalue weighted by Crippen LogP contribution is -2.40. The first-order valence-electron chi connectivity index (χ1n) is 8.98. The number of halogens is 1. The summed E-state index contributed by atoms with van der Waals surface area (Å²) in [7, 11) is -3.16. The third kappa shape index (κ3) is 3.46. The van der Waals surface area contributed by atoms with Gasteiger partial charge in [-0.1, -0.05) is 0 Å². The van der Waals surface area contributed by atoms with E-state index in [9.17, 15) is 17.6 Å². The van der Waals surface area contributed by atoms with Crippen LogP contribution >= 0.6 is 11.3 Å². The van der Waals surface area contributed by atoms with E-state index in [-0.39, 0.29) is 23.2 Å². The number of sulfone groups is 1. The molecule has 0 bridgehead atoms. The SMILES string of the molecule is Cc1ccsc1CN(C(=O)c1oc2ccc(F)cc2c1C)[C@H]1CCS(=O)(=O)C1. The first kappa shape index (κ1) is 19.1. The maximum absolute atomic E-state index is 13.6. The Labute approximate surface area is 166 Å². The molecule has 0 unspecified atom stereocenters. The van der Waals surface area contributed by atoms with Crippen molar-refractivity contribution in [2.45, 2.75) is 32.9 Å². The van der Waals surface area contributed by atoms with Crippen molar-refractivity contribution in [3.8, 4) is 0 Å². The molecule has 3 heterocycles. The predicted molar refractivity (Wildman–Crippen MR) is 107 cm³/mol. The highest BCUT2D eigenvalue weighted by molar-refractivity contribution is 7.91. The fraction of sp³-hybridized carbons (Fsp3) is 0.350. The van der Waals surface area contributed by atoms with Gasteiger partial charge in [-0.25, -0.2) is 12.8 Å². The first-order valence-corrected chi connectivity index (χ1v) is 11.7. The molecule has 1 amide bonds. The minimum atomic E-state index is -3.16. The van der Waals surface area contributed by atoms with Crippen LogP contribution in [0.2, 0.25) is 0 Å².